The molecule has 2 atom stereocenters. The van der Waals surface area contributed by atoms with E-state index in [4.69, 9.17) is 9.29 Å². The molecular weight excluding hydrogens is 611 g/mol. The monoisotopic (exact) mass is 628 g/mol. The Kier molecular flexibility index (Phi) is 12.8. The normalized spacial score (nSPS) is 21.4. The summed E-state index contributed by atoms with van der Waals surface area (Å²) >= 11 is 1.24. The van der Waals surface area contributed by atoms with Crippen molar-refractivity contribution in [3.8, 4) is 0 Å². The molecule has 3 heterocycles. The van der Waals surface area contributed by atoms with Gasteiger partial charge in [-0.15, -0.1) is 16.9 Å². The molecule has 0 unspecified atom stereocenters. The van der Waals surface area contributed by atoms with Gasteiger partial charge in [0, 0.05) is 18.6 Å². The van der Waals surface area contributed by atoms with Crippen molar-refractivity contribution in [1.82, 2.24) is 30.4 Å². The number of β-lactam (4-membered cyclic amide) rings is 1. The number of carboxylic acid groups (broad SMARTS) is 1. The molecule has 37 heavy (non-hydrogen) atoms. The van der Waals surface area contributed by atoms with Crippen LogP contribution < -0.4 is 64.4 Å². The first-order valence-electron chi connectivity index (χ1n) is 9.00. The van der Waals surface area contributed by atoms with Crippen LogP contribution in [0.5, 0.6) is 0 Å². The number of halogens is 3. The first kappa shape index (κ1) is 35.0. The fourth-order valence-electron chi connectivity index (χ4n) is 3.13. The Morgan fingerprint density at radius 3 is 2.57 bits per heavy atom. The van der Waals surface area contributed by atoms with Crippen LogP contribution in [0.1, 0.15) is 2.85 Å². The number of hydrogen-bond donors (Lipinski definition) is 3. The molecule has 0 spiro atoms. The zero-order chi connectivity index (χ0) is 26.2. The number of methoxy groups -OCH3 is 1. The van der Waals surface area contributed by atoms with Gasteiger partial charge in [0.05, 0.1) is 5.75 Å². The molecule has 1 fully saturated rings. The SMILES string of the molecule is CO[C@@]1(NC(=O)CSC(F)(F)F)C(=O)N2C(C(=O)O)=C(CSc3nnnn3CS(=O)(=O)O)CS[C@@H]21.[H-].[H-].[Na+].[Na+]. The Morgan fingerprint density at radius 1 is 1.38 bits per heavy atom. The van der Waals surface area contributed by atoms with E-state index in [0.29, 0.717) is 0 Å². The van der Waals surface area contributed by atoms with Crippen LogP contribution in [-0.4, -0.2) is 102 Å². The molecule has 0 aliphatic carbocycles. The van der Waals surface area contributed by atoms with Crippen molar-refractivity contribution in [1.29, 1.82) is 0 Å². The van der Waals surface area contributed by atoms with E-state index in [-0.39, 0.29) is 84.2 Å². The number of carbonyl (C=O) groups excluding carboxylic acids is 2. The Morgan fingerprint density at radius 2 is 2.03 bits per heavy atom. The number of thioether (sulfide) groups is 3. The van der Waals surface area contributed by atoms with Crippen LogP contribution in [-0.2, 0) is 35.1 Å². The van der Waals surface area contributed by atoms with Crippen molar-refractivity contribution in [2.45, 2.75) is 27.6 Å². The van der Waals surface area contributed by atoms with Gasteiger partial charge in [0.1, 0.15) is 11.1 Å². The molecular formula is C14H17F3N6Na2O8S4. The van der Waals surface area contributed by atoms with Crippen molar-refractivity contribution in [2.75, 3.05) is 24.4 Å². The van der Waals surface area contributed by atoms with Crippen LogP contribution in [0.15, 0.2) is 16.4 Å². The van der Waals surface area contributed by atoms with Crippen LogP contribution in [0.3, 0.4) is 0 Å². The van der Waals surface area contributed by atoms with Gasteiger partial charge in [-0.1, -0.05) is 11.8 Å². The maximum Gasteiger partial charge on any atom is 1.00 e. The number of alkyl halides is 3. The van der Waals surface area contributed by atoms with Gasteiger partial charge in [-0.05, 0) is 27.8 Å². The van der Waals surface area contributed by atoms with Crippen LogP contribution in [0.25, 0.3) is 0 Å². The number of fused-ring (bicyclic) bond motifs is 1. The zero-order valence-electron chi connectivity index (χ0n) is 21.3. The molecule has 0 bridgehead atoms. The number of aliphatic carboxylic acids is 1. The zero-order valence-corrected chi connectivity index (χ0v) is 26.5. The average molecular weight is 629 g/mol. The van der Waals surface area contributed by atoms with Crippen LogP contribution >= 0.6 is 35.3 Å². The summed E-state index contributed by atoms with van der Waals surface area (Å²) in [6.45, 7) is 0. The number of nitrogens with zero attached hydrogens (tertiary/aromatic N) is 5. The fraction of sp³-hybridized carbons (Fsp3) is 0.571. The molecule has 0 saturated carbocycles. The summed E-state index contributed by atoms with van der Waals surface area (Å²) in [5, 5.41) is 21.1. The van der Waals surface area contributed by atoms with E-state index in [2.05, 4.69) is 20.8 Å². The number of rotatable bonds is 10. The van der Waals surface area contributed by atoms with Crippen LogP contribution in [0, 0.1) is 0 Å². The molecule has 1 aromatic rings. The number of nitrogens with one attached hydrogen (secondary N) is 1. The maximum absolute atomic E-state index is 12.9. The molecule has 2 aliphatic heterocycles. The predicted molar refractivity (Wildman–Crippen MR) is 116 cm³/mol. The Hall–Kier alpha value is -0.0700. The van der Waals surface area contributed by atoms with Gasteiger partial charge in [-0.25, -0.2) is 9.48 Å². The van der Waals surface area contributed by atoms with Crippen molar-refractivity contribution >= 4 is 63.2 Å². The molecule has 3 N–H and O–H groups in total. The molecule has 2 amide bonds. The number of tetrazole rings is 1. The van der Waals surface area contributed by atoms with E-state index < -0.39 is 73.6 Å². The minimum absolute atomic E-state index is 0. The standard InChI is InChI=1S/C14H15F3N6O8S4.2Na.2H/c1-31-13(18-7(24)4-34-14(15,16)17)10(27)23-8(9(25)26)6(2-32-11(13)23)3-33-12-19-20-21-22(12)5-35(28,29)30;;;;/h11H,2-5H2,1H3,(H,18,24)(H,25,26)(H,28,29,30);;;;/q;2*+1;2*-1/t11-,13+;;;;/m1..../s1. The van der Waals surface area contributed by atoms with Crippen LogP contribution in [0.4, 0.5) is 13.2 Å². The van der Waals surface area contributed by atoms with Crippen molar-refractivity contribution in [3.05, 3.63) is 11.3 Å². The predicted octanol–water partition coefficient (Wildman–Crippen LogP) is -6.19. The van der Waals surface area contributed by atoms with E-state index in [0.717, 1.165) is 40.2 Å². The molecule has 1 saturated heterocycles. The van der Waals surface area contributed by atoms with E-state index >= 15 is 0 Å². The van der Waals surface area contributed by atoms with E-state index in [1.807, 2.05) is 0 Å². The molecule has 0 radical (unpaired) electrons. The van der Waals surface area contributed by atoms with E-state index in [9.17, 15) is 41.1 Å². The van der Waals surface area contributed by atoms with Gasteiger partial charge in [-0.2, -0.15) is 21.6 Å². The second-order valence-corrected chi connectivity index (χ2v) is 11.3. The van der Waals surface area contributed by atoms with Gasteiger partial charge in [-0.3, -0.25) is 19.0 Å². The van der Waals surface area contributed by atoms with E-state index in [1.54, 1.807) is 0 Å². The van der Waals surface area contributed by atoms with Gasteiger partial charge < -0.3 is 18.0 Å². The summed E-state index contributed by atoms with van der Waals surface area (Å²) in [4.78, 5) is 37.7. The molecule has 14 nitrogen and oxygen atoms in total. The number of carbonyl (C=O) groups is 3. The number of aromatic nitrogens is 4. The molecule has 1 aromatic heterocycles. The summed E-state index contributed by atoms with van der Waals surface area (Å²) in [5.41, 5.74) is -6.92. The third-order valence-corrected chi connectivity index (χ3v) is 8.21. The van der Waals surface area contributed by atoms with Crippen molar-refractivity contribution < 1.29 is 112 Å². The molecule has 3 rings (SSSR count). The van der Waals surface area contributed by atoms with Gasteiger partial charge in [0.2, 0.25) is 11.1 Å². The van der Waals surface area contributed by atoms with Gasteiger partial charge in [0.15, 0.2) is 5.88 Å². The fourth-order valence-corrected chi connectivity index (χ4v) is 6.52. The molecule has 23 heteroatoms. The second kappa shape index (κ2) is 13.5. The maximum atomic E-state index is 12.9. The topological polar surface area (TPSA) is 194 Å². The summed E-state index contributed by atoms with van der Waals surface area (Å²) in [6.07, 6.45) is 0. The summed E-state index contributed by atoms with van der Waals surface area (Å²) in [5.74, 6) is -5.64. The third kappa shape index (κ3) is 8.22. The van der Waals surface area contributed by atoms with Crippen molar-refractivity contribution in [2.24, 2.45) is 0 Å². The Labute approximate surface area is 266 Å². The van der Waals surface area contributed by atoms with Crippen molar-refractivity contribution in [3.63, 3.8) is 0 Å². The third-order valence-electron chi connectivity index (χ3n) is 4.49. The number of ether oxygens (including phenoxy) is 1. The van der Waals surface area contributed by atoms with Crippen LogP contribution in [0.2, 0.25) is 0 Å². The average Bonchev–Trinajstić information content (AvgIpc) is 3.18. The minimum atomic E-state index is -4.67. The smallest absolute Gasteiger partial charge is 1.00 e. The number of hydrogen-bond acceptors (Lipinski definition) is 12. The van der Waals surface area contributed by atoms with E-state index in [1.165, 1.54) is 0 Å². The van der Waals surface area contributed by atoms with Gasteiger partial charge in [0.25, 0.3) is 21.8 Å². The quantitative estimate of drug-likeness (QED) is 0.0728. The summed E-state index contributed by atoms with van der Waals surface area (Å²) in [6, 6.07) is 0. The first-order valence-corrected chi connectivity index (χ1v) is 13.6. The van der Waals surface area contributed by atoms with Gasteiger partial charge >= 0.3 is 70.6 Å². The molecule has 0 aromatic carbocycles. The Balaban J connectivity index is 0. The summed E-state index contributed by atoms with van der Waals surface area (Å²) in [7, 11) is -3.40. The second-order valence-electron chi connectivity index (χ2n) is 6.78. The largest absolute Gasteiger partial charge is 1.00 e. The molecule has 2 aliphatic rings. The number of carboxylic acids is 1. The number of amides is 2. The Bertz CT molecular complexity index is 1200. The first-order chi connectivity index (χ1) is 16.2. The minimum Gasteiger partial charge on any atom is -1.00 e. The molecule has 198 valence electrons. The summed E-state index contributed by atoms with van der Waals surface area (Å²) < 4.78 is 74.2.